The molecule has 8 nitrogen and oxygen atoms in total. The summed E-state index contributed by atoms with van der Waals surface area (Å²) in [5, 5.41) is 0. The van der Waals surface area contributed by atoms with E-state index in [-0.39, 0.29) is 72.3 Å². The Morgan fingerprint density at radius 3 is 1.15 bits per heavy atom. The molecule has 0 radical (unpaired) electrons. The molecular weight excluding hydrogens is 334 g/mol. The fourth-order valence-corrected chi connectivity index (χ4v) is 1.25. The van der Waals surface area contributed by atoms with E-state index in [2.05, 4.69) is 8.37 Å². The molecule has 112 valence electrons. The molecule has 0 aromatic rings. The molecule has 0 aliphatic rings. The Balaban J connectivity index is -0.000000116. The van der Waals surface area contributed by atoms with Gasteiger partial charge in [-0.15, -0.1) is 0 Å². The Bertz CT molecular complexity index is 343. The topological polar surface area (TPSA) is 133 Å². The molecule has 0 N–H and O–H groups in total. The van der Waals surface area contributed by atoms with Gasteiger partial charge in [-0.25, -0.2) is 16.8 Å². The standard InChI is InChI=1S/2C4H10O4S.2Na/c2*1-2-3-4-8-9(5,6)7;;/h2*2-4H2,1H3,(H,5,6,7);;/q;;2*+1/p-2. The smallest absolute Gasteiger partial charge is 0.726 e. The third-order valence-electron chi connectivity index (χ3n) is 1.45. The van der Waals surface area contributed by atoms with Crippen molar-refractivity contribution in [3.05, 3.63) is 0 Å². The number of rotatable bonds is 8. The Hall–Kier alpha value is 1.74. The first-order valence-electron chi connectivity index (χ1n) is 5.32. The maximum absolute atomic E-state index is 9.73. The van der Waals surface area contributed by atoms with E-state index >= 15 is 0 Å². The van der Waals surface area contributed by atoms with Crippen LogP contribution in [0.2, 0.25) is 0 Å². The largest absolute Gasteiger partial charge is 1.00 e. The van der Waals surface area contributed by atoms with Crippen LogP contribution in [0.25, 0.3) is 0 Å². The van der Waals surface area contributed by atoms with Crippen LogP contribution < -0.4 is 59.1 Å². The summed E-state index contributed by atoms with van der Waals surface area (Å²) in [7, 11) is -8.89. The number of hydrogen-bond donors (Lipinski definition) is 0. The van der Waals surface area contributed by atoms with E-state index in [4.69, 9.17) is 0 Å². The summed E-state index contributed by atoms with van der Waals surface area (Å²) in [6, 6.07) is 0. The van der Waals surface area contributed by atoms with Crippen molar-refractivity contribution in [2.75, 3.05) is 13.2 Å². The first kappa shape index (κ1) is 29.7. The molecule has 0 spiro atoms. The number of unbranched alkanes of at least 4 members (excludes halogenated alkanes) is 2. The molecule has 0 unspecified atom stereocenters. The molecule has 0 heterocycles. The molecule has 0 aliphatic heterocycles. The van der Waals surface area contributed by atoms with Crippen molar-refractivity contribution < 1.29 is 93.4 Å². The van der Waals surface area contributed by atoms with Gasteiger partial charge < -0.3 is 9.11 Å². The van der Waals surface area contributed by atoms with Gasteiger partial charge in [-0.05, 0) is 12.8 Å². The van der Waals surface area contributed by atoms with E-state index in [0.717, 1.165) is 12.8 Å². The zero-order valence-corrected chi connectivity index (χ0v) is 18.0. The molecule has 20 heavy (non-hydrogen) atoms. The summed E-state index contributed by atoms with van der Waals surface area (Å²) >= 11 is 0. The summed E-state index contributed by atoms with van der Waals surface area (Å²) in [5.74, 6) is 0. The predicted octanol–water partition coefficient (Wildman–Crippen LogP) is -5.47. The second-order valence-corrected chi connectivity index (χ2v) is 5.27. The van der Waals surface area contributed by atoms with E-state index in [0.29, 0.717) is 12.8 Å². The summed E-state index contributed by atoms with van der Waals surface area (Å²) in [5.41, 5.74) is 0. The van der Waals surface area contributed by atoms with Crippen LogP contribution in [-0.4, -0.2) is 39.2 Å². The van der Waals surface area contributed by atoms with Gasteiger partial charge in [0.05, 0.1) is 13.2 Å². The average molecular weight is 352 g/mol. The van der Waals surface area contributed by atoms with Crippen molar-refractivity contribution in [1.82, 2.24) is 0 Å². The molecule has 0 fully saturated rings. The van der Waals surface area contributed by atoms with Crippen LogP contribution in [0.1, 0.15) is 39.5 Å². The van der Waals surface area contributed by atoms with Gasteiger partial charge in [0.2, 0.25) is 20.8 Å². The Kier molecular flexibility index (Phi) is 25.4. The SMILES string of the molecule is CCCCOS(=O)(=O)[O-].CCCCOS(=O)(=O)[O-].[Na+].[Na+]. The summed E-state index contributed by atoms with van der Waals surface area (Å²) in [4.78, 5) is 0. The van der Waals surface area contributed by atoms with E-state index in [9.17, 15) is 25.9 Å². The third kappa shape index (κ3) is 36.7. The second kappa shape index (κ2) is 17.1. The first-order valence-corrected chi connectivity index (χ1v) is 7.99. The number of hydrogen-bond acceptors (Lipinski definition) is 8. The van der Waals surface area contributed by atoms with Gasteiger partial charge in [-0.2, -0.15) is 0 Å². The van der Waals surface area contributed by atoms with Crippen LogP contribution in [0, 0.1) is 0 Å². The fourth-order valence-electron chi connectivity index (χ4n) is 0.611. The molecule has 12 heteroatoms. The van der Waals surface area contributed by atoms with Crippen LogP contribution >= 0.6 is 0 Å². The van der Waals surface area contributed by atoms with Crippen molar-refractivity contribution in [2.24, 2.45) is 0 Å². The van der Waals surface area contributed by atoms with Crippen molar-refractivity contribution in [2.45, 2.75) is 39.5 Å². The molecule has 0 saturated heterocycles. The minimum atomic E-state index is -4.45. The molecule has 0 atom stereocenters. The summed E-state index contributed by atoms with van der Waals surface area (Å²) in [6.45, 7) is 3.76. The quantitative estimate of drug-likeness (QED) is 0.183. The maximum atomic E-state index is 9.73. The van der Waals surface area contributed by atoms with E-state index in [1.54, 1.807) is 0 Å². The monoisotopic (exact) mass is 352 g/mol. The average Bonchev–Trinajstić information content (AvgIpc) is 2.16. The zero-order valence-electron chi connectivity index (χ0n) is 12.3. The minimum absolute atomic E-state index is 0. The van der Waals surface area contributed by atoms with Gasteiger partial charge in [-0.1, -0.05) is 26.7 Å². The van der Waals surface area contributed by atoms with Crippen LogP contribution in [0.5, 0.6) is 0 Å². The molecule has 0 aliphatic carbocycles. The minimum Gasteiger partial charge on any atom is -0.726 e. The predicted molar refractivity (Wildman–Crippen MR) is 61.1 cm³/mol. The van der Waals surface area contributed by atoms with Crippen molar-refractivity contribution >= 4 is 20.8 Å². The molecule has 0 aromatic heterocycles. The second-order valence-electron chi connectivity index (χ2n) is 3.17. The van der Waals surface area contributed by atoms with Gasteiger partial charge in [-0.3, -0.25) is 8.37 Å². The molecule has 0 amide bonds. The van der Waals surface area contributed by atoms with Gasteiger partial charge in [0.25, 0.3) is 0 Å². The van der Waals surface area contributed by atoms with E-state index < -0.39 is 20.8 Å². The Morgan fingerprint density at radius 2 is 1.00 bits per heavy atom. The zero-order chi connectivity index (χ0) is 14.7. The fraction of sp³-hybridized carbons (Fsp3) is 1.00. The van der Waals surface area contributed by atoms with Crippen molar-refractivity contribution in [3.63, 3.8) is 0 Å². The van der Waals surface area contributed by atoms with Crippen LogP contribution in [0.4, 0.5) is 0 Å². The van der Waals surface area contributed by atoms with Crippen molar-refractivity contribution in [3.8, 4) is 0 Å². The van der Waals surface area contributed by atoms with Crippen LogP contribution in [-0.2, 0) is 29.2 Å². The van der Waals surface area contributed by atoms with Crippen LogP contribution in [0.3, 0.4) is 0 Å². The van der Waals surface area contributed by atoms with Crippen molar-refractivity contribution in [1.29, 1.82) is 0 Å². The molecular formula is C8H18Na2O8S2. The summed E-state index contributed by atoms with van der Waals surface area (Å²) in [6.07, 6.45) is 2.83. The summed E-state index contributed by atoms with van der Waals surface area (Å²) < 4.78 is 66.1. The van der Waals surface area contributed by atoms with Gasteiger partial charge in [0, 0.05) is 0 Å². The van der Waals surface area contributed by atoms with E-state index in [1.165, 1.54) is 0 Å². The Morgan fingerprint density at radius 1 is 0.750 bits per heavy atom. The Labute approximate surface area is 165 Å². The van der Waals surface area contributed by atoms with Gasteiger partial charge in [0.1, 0.15) is 0 Å². The maximum Gasteiger partial charge on any atom is 1.00 e. The molecule has 0 saturated carbocycles. The van der Waals surface area contributed by atoms with E-state index in [1.807, 2.05) is 13.8 Å². The third-order valence-corrected chi connectivity index (χ3v) is 2.36. The molecule has 0 rings (SSSR count). The van der Waals surface area contributed by atoms with Gasteiger partial charge >= 0.3 is 59.1 Å². The molecule has 0 aromatic carbocycles. The first-order chi connectivity index (χ1) is 8.12. The normalized spacial score (nSPS) is 10.6. The van der Waals surface area contributed by atoms with Crippen LogP contribution in [0.15, 0.2) is 0 Å². The van der Waals surface area contributed by atoms with Gasteiger partial charge in [0.15, 0.2) is 0 Å². The molecule has 0 bridgehead atoms.